The van der Waals surface area contributed by atoms with Crippen LogP contribution in [0.4, 0.5) is 4.79 Å². The van der Waals surface area contributed by atoms with E-state index in [9.17, 15) is 4.79 Å². The van der Waals surface area contributed by atoms with Crippen molar-refractivity contribution in [2.24, 2.45) is 5.92 Å². The topological polar surface area (TPSA) is 50.2 Å². The molecule has 0 saturated carbocycles. The number of benzene rings is 1. The molecule has 3 fully saturated rings. The Balaban J connectivity index is 1.44. The lowest BCUT2D eigenvalue weighted by Crippen LogP contribution is -2.43. The first-order chi connectivity index (χ1) is 11.7. The van der Waals surface area contributed by atoms with Crippen LogP contribution >= 0.6 is 0 Å². The van der Waals surface area contributed by atoms with Gasteiger partial charge in [-0.3, -0.25) is 0 Å². The molecule has 3 aliphatic rings. The number of carbonyl (C=O) groups is 1. The second kappa shape index (κ2) is 6.40. The highest BCUT2D eigenvalue weighted by molar-refractivity contribution is 5.77. The zero-order chi connectivity index (χ0) is 16.5. The van der Waals surface area contributed by atoms with Crippen molar-refractivity contribution in [2.75, 3.05) is 19.6 Å². The third-order valence-electron chi connectivity index (χ3n) is 5.31. The number of aryl methyl sites for hydroxylation is 1. The number of rotatable bonds is 2. The molecule has 0 radical (unpaired) electrons. The van der Waals surface area contributed by atoms with E-state index in [0.717, 1.165) is 30.0 Å². The predicted molar refractivity (Wildman–Crippen MR) is 93.9 cm³/mol. The lowest BCUT2D eigenvalue weighted by molar-refractivity contribution is 0.216. The second-order valence-electron chi connectivity index (χ2n) is 7.17. The average molecular weight is 324 g/mol. The Labute approximate surface area is 142 Å². The molecule has 1 N–H and O–H groups in total. The first-order valence-electron chi connectivity index (χ1n) is 8.82. The molecule has 2 bridgehead atoms. The maximum absolute atomic E-state index is 12.5. The van der Waals surface area contributed by atoms with Gasteiger partial charge in [0.2, 0.25) is 0 Å². The van der Waals surface area contributed by atoms with E-state index in [1.807, 2.05) is 6.20 Å². The van der Waals surface area contributed by atoms with Crippen molar-refractivity contribution in [1.82, 2.24) is 20.0 Å². The summed E-state index contributed by atoms with van der Waals surface area (Å²) >= 11 is 0. The first-order valence-corrected chi connectivity index (χ1v) is 8.82. The summed E-state index contributed by atoms with van der Waals surface area (Å²) in [6, 6.07) is 8.38. The quantitative estimate of drug-likeness (QED) is 0.924. The van der Waals surface area contributed by atoms with Crippen molar-refractivity contribution in [3.05, 3.63) is 42.2 Å². The minimum absolute atomic E-state index is 0.124. The molecule has 1 unspecified atom stereocenters. The van der Waals surface area contributed by atoms with Crippen LogP contribution in [0.1, 0.15) is 24.8 Å². The Morgan fingerprint density at radius 2 is 1.92 bits per heavy atom. The van der Waals surface area contributed by atoms with Crippen molar-refractivity contribution in [3.63, 3.8) is 0 Å². The number of aromatic nitrogens is 2. The van der Waals surface area contributed by atoms with Gasteiger partial charge in [-0.1, -0.05) is 29.8 Å². The van der Waals surface area contributed by atoms with E-state index in [2.05, 4.69) is 46.5 Å². The van der Waals surface area contributed by atoms with E-state index < -0.39 is 0 Å². The van der Waals surface area contributed by atoms with Crippen molar-refractivity contribution < 1.29 is 4.79 Å². The fraction of sp³-hybridized carbons (Fsp3) is 0.474. The number of carbonyl (C=O) groups excluding carboxylic acids is 1. The molecule has 1 aromatic heterocycles. The molecule has 1 aromatic carbocycles. The zero-order valence-electron chi connectivity index (χ0n) is 14.1. The first kappa shape index (κ1) is 15.4. The van der Waals surface area contributed by atoms with Crippen LogP contribution in [0.15, 0.2) is 36.7 Å². The van der Waals surface area contributed by atoms with Gasteiger partial charge in [-0.25, -0.2) is 4.79 Å². The molecule has 1 atom stereocenters. The molecule has 3 aliphatic heterocycles. The van der Waals surface area contributed by atoms with Gasteiger partial charge in [0.25, 0.3) is 0 Å². The van der Waals surface area contributed by atoms with Crippen LogP contribution in [0, 0.1) is 12.8 Å². The van der Waals surface area contributed by atoms with Crippen molar-refractivity contribution in [3.8, 4) is 11.1 Å². The summed E-state index contributed by atoms with van der Waals surface area (Å²) in [5, 5.41) is 7.42. The van der Waals surface area contributed by atoms with Crippen LogP contribution in [0.2, 0.25) is 0 Å². The number of hydrogen-bond acceptors (Lipinski definition) is 3. The van der Waals surface area contributed by atoms with Crippen LogP contribution in [-0.4, -0.2) is 46.4 Å². The van der Waals surface area contributed by atoms with Gasteiger partial charge >= 0.3 is 6.03 Å². The highest BCUT2D eigenvalue weighted by Gasteiger charge is 2.30. The molecule has 0 aliphatic carbocycles. The normalized spacial score (nSPS) is 26.1. The van der Waals surface area contributed by atoms with Gasteiger partial charge < -0.3 is 10.2 Å². The van der Waals surface area contributed by atoms with E-state index in [4.69, 9.17) is 0 Å². The number of amides is 1. The third-order valence-corrected chi connectivity index (χ3v) is 5.31. The van der Waals surface area contributed by atoms with Crippen LogP contribution in [0.5, 0.6) is 0 Å². The van der Waals surface area contributed by atoms with Crippen LogP contribution in [-0.2, 0) is 0 Å². The van der Waals surface area contributed by atoms with Gasteiger partial charge in [0.1, 0.15) is 0 Å². The molecule has 5 rings (SSSR count). The number of nitrogens with zero attached hydrogens (tertiary/aromatic N) is 3. The summed E-state index contributed by atoms with van der Waals surface area (Å²) in [7, 11) is 0. The lowest BCUT2D eigenvalue weighted by Gasteiger charge is -2.26. The molecule has 5 nitrogen and oxygen atoms in total. The van der Waals surface area contributed by atoms with E-state index in [1.165, 1.54) is 36.2 Å². The minimum Gasteiger partial charge on any atom is -0.332 e. The van der Waals surface area contributed by atoms with Crippen molar-refractivity contribution in [2.45, 2.75) is 32.2 Å². The molecule has 24 heavy (non-hydrogen) atoms. The summed E-state index contributed by atoms with van der Waals surface area (Å²) in [5.74, 6) is 0.759. The van der Waals surface area contributed by atoms with Gasteiger partial charge in [-0.15, -0.1) is 0 Å². The van der Waals surface area contributed by atoms with Crippen molar-refractivity contribution in [1.29, 1.82) is 0 Å². The highest BCUT2D eigenvalue weighted by atomic mass is 16.2. The summed E-state index contributed by atoms with van der Waals surface area (Å²) in [4.78, 5) is 15.0. The fourth-order valence-corrected chi connectivity index (χ4v) is 3.87. The Kier molecular flexibility index (Phi) is 4.10. The van der Waals surface area contributed by atoms with Gasteiger partial charge in [0, 0.05) is 24.3 Å². The number of hydrogen-bond donors (Lipinski definition) is 1. The summed E-state index contributed by atoms with van der Waals surface area (Å²) in [5.41, 5.74) is 3.27. The molecule has 126 valence electrons. The minimum atomic E-state index is -0.124. The Morgan fingerprint density at radius 3 is 2.67 bits per heavy atom. The van der Waals surface area contributed by atoms with Crippen LogP contribution < -0.4 is 5.32 Å². The Bertz CT molecular complexity index is 699. The van der Waals surface area contributed by atoms with Crippen LogP contribution in [0.3, 0.4) is 0 Å². The molecule has 3 saturated heterocycles. The summed E-state index contributed by atoms with van der Waals surface area (Å²) in [6.45, 7) is 5.39. The number of fused-ring (bicyclic) bond motifs is 4. The van der Waals surface area contributed by atoms with Crippen LogP contribution in [0.25, 0.3) is 11.1 Å². The Hall–Kier alpha value is -2.14. The third kappa shape index (κ3) is 3.22. The van der Waals surface area contributed by atoms with E-state index in [1.54, 1.807) is 6.20 Å². The average Bonchev–Trinajstić information content (AvgIpc) is 2.91. The largest absolute Gasteiger partial charge is 0.342 e. The maximum atomic E-state index is 12.5. The molecule has 4 heterocycles. The molecule has 1 amide bonds. The molecular weight excluding hydrogens is 300 g/mol. The molecule has 5 heteroatoms. The second-order valence-corrected chi connectivity index (χ2v) is 7.17. The maximum Gasteiger partial charge on any atom is 0.342 e. The van der Waals surface area contributed by atoms with E-state index in [-0.39, 0.29) is 12.1 Å². The SMILES string of the molecule is Cc1ccc(-c2cnn(C(=O)NC3CC4CCN(CC4)C3)c2)cc1. The smallest absolute Gasteiger partial charge is 0.332 e. The van der Waals surface area contributed by atoms with Gasteiger partial charge in [0.05, 0.1) is 6.20 Å². The highest BCUT2D eigenvalue weighted by Crippen LogP contribution is 2.26. The van der Waals surface area contributed by atoms with E-state index in [0.29, 0.717) is 0 Å². The van der Waals surface area contributed by atoms with Gasteiger partial charge in [-0.2, -0.15) is 9.78 Å². The summed E-state index contributed by atoms with van der Waals surface area (Å²) < 4.78 is 1.43. The van der Waals surface area contributed by atoms with E-state index >= 15 is 0 Å². The lowest BCUT2D eigenvalue weighted by atomic mass is 9.94. The predicted octanol–water partition coefficient (Wildman–Crippen LogP) is 2.90. The molecular formula is C19H24N4O. The number of nitrogens with one attached hydrogen (secondary N) is 1. The molecule has 0 spiro atoms. The Morgan fingerprint density at radius 1 is 1.17 bits per heavy atom. The summed E-state index contributed by atoms with van der Waals surface area (Å²) in [6.07, 6.45) is 7.20. The van der Waals surface area contributed by atoms with Gasteiger partial charge in [0.15, 0.2) is 0 Å². The van der Waals surface area contributed by atoms with Crippen molar-refractivity contribution >= 4 is 6.03 Å². The molecule has 2 aromatic rings. The standard InChI is InChI=1S/C19H24N4O/c1-14-2-4-16(5-3-14)17-11-20-23(12-17)19(24)21-18-10-15-6-8-22(13-18)9-7-15/h2-5,11-12,15,18H,6-10,13H2,1H3,(H,21,24). The van der Waals surface area contributed by atoms with Gasteiger partial charge in [-0.05, 0) is 50.8 Å². The number of piperidine rings is 1. The fourth-order valence-electron chi connectivity index (χ4n) is 3.87. The zero-order valence-corrected chi connectivity index (χ0v) is 14.1. The monoisotopic (exact) mass is 324 g/mol.